The van der Waals surface area contributed by atoms with E-state index in [0.717, 1.165) is 43.5 Å². The Bertz CT molecular complexity index is 583. The van der Waals surface area contributed by atoms with Gasteiger partial charge >= 0.3 is 0 Å². The lowest BCUT2D eigenvalue weighted by molar-refractivity contribution is 0.407. The molecule has 19 heavy (non-hydrogen) atoms. The molecule has 0 bridgehead atoms. The summed E-state index contributed by atoms with van der Waals surface area (Å²) in [5.74, 6) is 0. The lowest BCUT2D eigenvalue weighted by atomic mass is 10.0. The third-order valence-electron chi connectivity index (χ3n) is 4.18. The van der Waals surface area contributed by atoms with Gasteiger partial charge in [0.25, 0.3) is 0 Å². The summed E-state index contributed by atoms with van der Waals surface area (Å²) in [5, 5.41) is 3.29. The van der Waals surface area contributed by atoms with Crippen LogP contribution in [0.4, 0.5) is 0 Å². The second-order valence-electron chi connectivity index (χ2n) is 5.43. The first kappa shape index (κ1) is 13.1. The van der Waals surface area contributed by atoms with Gasteiger partial charge in [0.05, 0.1) is 4.90 Å². The van der Waals surface area contributed by atoms with E-state index in [1.165, 1.54) is 0 Å². The van der Waals surface area contributed by atoms with Crippen LogP contribution in [0.5, 0.6) is 0 Å². The summed E-state index contributed by atoms with van der Waals surface area (Å²) in [5.41, 5.74) is 2.14. The molecule has 2 aliphatic rings. The molecule has 2 heterocycles. The zero-order chi connectivity index (χ0) is 13.5. The maximum absolute atomic E-state index is 12.8. The summed E-state index contributed by atoms with van der Waals surface area (Å²) in [4.78, 5) is 0.528. The highest BCUT2D eigenvalue weighted by molar-refractivity contribution is 7.89. The Morgan fingerprint density at radius 2 is 2.21 bits per heavy atom. The average Bonchev–Trinajstić information content (AvgIpc) is 2.85. The highest BCUT2D eigenvalue weighted by Gasteiger charge is 2.34. The maximum Gasteiger partial charge on any atom is 0.243 e. The van der Waals surface area contributed by atoms with Crippen LogP contribution in [0, 0.1) is 0 Å². The van der Waals surface area contributed by atoms with Crippen molar-refractivity contribution in [1.82, 2.24) is 9.62 Å². The van der Waals surface area contributed by atoms with Crippen molar-refractivity contribution >= 4 is 10.0 Å². The second-order valence-corrected chi connectivity index (χ2v) is 7.29. The molecule has 4 nitrogen and oxygen atoms in total. The summed E-state index contributed by atoms with van der Waals surface area (Å²) in [7, 11) is -3.32. The molecule has 0 aromatic heterocycles. The molecular weight excluding hydrogens is 260 g/mol. The van der Waals surface area contributed by atoms with Gasteiger partial charge in [0, 0.05) is 19.1 Å². The van der Waals surface area contributed by atoms with Gasteiger partial charge in [0.1, 0.15) is 0 Å². The summed E-state index contributed by atoms with van der Waals surface area (Å²) in [6.07, 6.45) is 2.74. The first-order valence-corrected chi connectivity index (χ1v) is 8.38. The molecule has 1 aromatic carbocycles. The monoisotopic (exact) mass is 280 g/mol. The molecule has 3 rings (SSSR count). The van der Waals surface area contributed by atoms with Crippen LogP contribution in [0.15, 0.2) is 23.1 Å². The molecule has 2 aliphatic heterocycles. The Balaban J connectivity index is 2.06. The van der Waals surface area contributed by atoms with E-state index in [2.05, 4.69) is 5.32 Å². The Morgan fingerprint density at radius 1 is 1.37 bits per heavy atom. The largest absolute Gasteiger partial charge is 0.312 e. The van der Waals surface area contributed by atoms with E-state index in [0.29, 0.717) is 11.4 Å². The van der Waals surface area contributed by atoms with Crippen LogP contribution in [-0.2, 0) is 23.0 Å². The van der Waals surface area contributed by atoms with Crippen LogP contribution in [0.3, 0.4) is 0 Å². The molecule has 1 fully saturated rings. The van der Waals surface area contributed by atoms with E-state index in [4.69, 9.17) is 0 Å². The summed E-state index contributed by atoms with van der Waals surface area (Å²) in [6, 6.07) is 5.78. The molecule has 0 amide bonds. The van der Waals surface area contributed by atoms with Gasteiger partial charge in [-0.1, -0.05) is 12.1 Å². The Labute approximate surface area is 114 Å². The quantitative estimate of drug-likeness (QED) is 0.893. The summed E-state index contributed by atoms with van der Waals surface area (Å²) in [6.45, 7) is 4.29. The third-order valence-corrected chi connectivity index (χ3v) is 6.27. The zero-order valence-electron chi connectivity index (χ0n) is 11.2. The molecule has 1 saturated heterocycles. The summed E-state index contributed by atoms with van der Waals surface area (Å²) < 4.78 is 27.3. The number of benzene rings is 1. The molecule has 1 N–H and O–H groups in total. The Morgan fingerprint density at radius 3 is 2.95 bits per heavy atom. The van der Waals surface area contributed by atoms with Crippen molar-refractivity contribution in [1.29, 1.82) is 0 Å². The molecule has 5 heteroatoms. The molecule has 1 unspecified atom stereocenters. The van der Waals surface area contributed by atoms with Crippen LogP contribution < -0.4 is 5.32 Å². The molecule has 0 radical (unpaired) electrons. The number of hydrogen-bond acceptors (Lipinski definition) is 3. The fourth-order valence-electron chi connectivity index (χ4n) is 3.13. The van der Waals surface area contributed by atoms with Crippen molar-refractivity contribution in [2.45, 2.75) is 43.7 Å². The molecule has 104 valence electrons. The average molecular weight is 280 g/mol. The van der Waals surface area contributed by atoms with Crippen molar-refractivity contribution in [2.24, 2.45) is 0 Å². The molecule has 0 spiro atoms. The minimum absolute atomic E-state index is 0.127. The lowest BCUT2D eigenvalue weighted by Crippen LogP contribution is -2.35. The van der Waals surface area contributed by atoms with E-state index in [1.807, 2.05) is 19.1 Å². The van der Waals surface area contributed by atoms with Crippen LogP contribution >= 0.6 is 0 Å². The van der Waals surface area contributed by atoms with Gasteiger partial charge in [-0.15, -0.1) is 0 Å². The number of hydrogen-bond donors (Lipinski definition) is 1. The maximum atomic E-state index is 12.8. The van der Waals surface area contributed by atoms with E-state index in [1.54, 1.807) is 10.4 Å². The Kier molecular flexibility index (Phi) is 3.37. The highest BCUT2D eigenvalue weighted by Crippen LogP contribution is 2.30. The fourth-order valence-corrected chi connectivity index (χ4v) is 5.13. The predicted octanol–water partition coefficient (Wildman–Crippen LogP) is 1.51. The van der Waals surface area contributed by atoms with Gasteiger partial charge in [0.15, 0.2) is 0 Å². The SMILES string of the molecule is CC1CCCN1S(=O)(=O)c1cccc2c1CCNC2. The minimum atomic E-state index is -3.32. The standard InChI is InChI=1S/C14H20N2O2S/c1-11-4-3-9-16(11)19(17,18)14-6-2-5-12-10-15-8-7-13(12)14/h2,5-6,11,15H,3-4,7-10H2,1H3. The topological polar surface area (TPSA) is 49.4 Å². The van der Waals surface area contributed by atoms with Crippen molar-refractivity contribution in [3.05, 3.63) is 29.3 Å². The van der Waals surface area contributed by atoms with Crippen LogP contribution in [0.25, 0.3) is 0 Å². The molecule has 1 aromatic rings. The van der Waals surface area contributed by atoms with Crippen molar-refractivity contribution < 1.29 is 8.42 Å². The first-order valence-electron chi connectivity index (χ1n) is 6.94. The summed E-state index contributed by atoms with van der Waals surface area (Å²) >= 11 is 0. The van der Waals surface area contributed by atoms with Crippen molar-refractivity contribution in [3.63, 3.8) is 0 Å². The van der Waals surface area contributed by atoms with E-state index in [-0.39, 0.29) is 6.04 Å². The van der Waals surface area contributed by atoms with E-state index in [9.17, 15) is 8.42 Å². The second kappa shape index (κ2) is 4.89. The third kappa shape index (κ3) is 2.20. The number of nitrogens with one attached hydrogen (secondary N) is 1. The minimum Gasteiger partial charge on any atom is -0.312 e. The molecule has 0 aliphatic carbocycles. The van der Waals surface area contributed by atoms with Gasteiger partial charge in [-0.25, -0.2) is 8.42 Å². The normalized spacial score (nSPS) is 24.4. The van der Waals surface area contributed by atoms with Crippen molar-refractivity contribution in [2.75, 3.05) is 13.1 Å². The predicted molar refractivity (Wildman–Crippen MR) is 74.4 cm³/mol. The van der Waals surface area contributed by atoms with Crippen LogP contribution in [-0.4, -0.2) is 31.9 Å². The molecular formula is C14H20N2O2S. The number of sulfonamides is 1. The van der Waals surface area contributed by atoms with Gasteiger partial charge < -0.3 is 5.32 Å². The zero-order valence-corrected chi connectivity index (χ0v) is 12.0. The smallest absolute Gasteiger partial charge is 0.243 e. The van der Waals surface area contributed by atoms with E-state index >= 15 is 0 Å². The van der Waals surface area contributed by atoms with Crippen molar-refractivity contribution in [3.8, 4) is 0 Å². The van der Waals surface area contributed by atoms with Gasteiger partial charge in [-0.3, -0.25) is 0 Å². The van der Waals surface area contributed by atoms with E-state index < -0.39 is 10.0 Å². The molecule has 1 atom stereocenters. The highest BCUT2D eigenvalue weighted by atomic mass is 32.2. The first-order chi connectivity index (χ1) is 9.10. The number of nitrogens with zero attached hydrogens (tertiary/aromatic N) is 1. The van der Waals surface area contributed by atoms with Gasteiger partial charge in [-0.2, -0.15) is 4.31 Å². The molecule has 0 saturated carbocycles. The number of fused-ring (bicyclic) bond motifs is 1. The van der Waals surface area contributed by atoms with Crippen LogP contribution in [0.1, 0.15) is 30.9 Å². The number of rotatable bonds is 2. The lowest BCUT2D eigenvalue weighted by Gasteiger charge is -2.25. The Hall–Kier alpha value is -0.910. The fraction of sp³-hybridized carbons (Fsp3) is 0.571. The van der Waals surface area contributed by atoms with Gasteiger partial charge in [0.2, 0.25) is 10.0 Å². The van der Waals surface area contributed by atoms with Gasteiger partial charge in [-0.05, 0) is 49.9 Å². The van der Waals surface area contributed by atoms with Crippen LogP contribution in [0.2, 0.25) is 0 Å².